The third-order valence-corrected chi connectivity index (χ3v) is 9.31. The smallest absolute Gasteiger partial charge is 0.164 e. The molecule has 1 saturated heterocycles. The van der Waals surface area contributed by atoms with Crippen LogP contribution < -0.4 is 0 Å². The summed E-state index contributed by atoms with van der Waals surface area (Å²) in [7, 11) is 1.46. The predicted octanol–water partition coefficient (Wildman–Crippen LogP) is 5.72. The predicted molar refractivity (Wildman–Crippen MR) is 98.4 cm³/mol. The highest BCUT2D eigenvalue weighted by Crippen LogP contribution is 2.77. The van der Waals surface area contributed by atoms with Gasteiger partial charge in [-0.05, 0) is 51.9 Å². The van der Waals surface area contributed by atoms with Crippen LogP contribution in [0.3, 0.4) is 0 Å². The van der Waals surface area contributed by atoms with Crippen LogP contribution in [-0.4, -0.2) is 18.8 Å². The molecule has 0 amide bonds. The monoisotopic (exact) mass is 327 g/mol. The van der Waals surface area contributed by atoms with Gasteiger partial charge < -0.3 is 4.57 Å². The molecule has 0 N–H and O–H groups in total. The lowest BCUT2D eigenvalue weighted by molar-refractivity contribution is 0.502. The summed E-state index contributed by atoms with van der Waals surface area (Å²) in [5, 5.41) is 0. The Bertz CT molecular complexity index is 661. The molecule has 3 heteroatoms. The third kappa shape index (κ3) is 2.91. The molecule has 0 saturated carbocycles. The molecule has 2 atom stereocenters. The summed E-state index contributed by atoms with van der Waals surface area (Å²) in [5.41, 5.74) is 5.24. The van der Waals surface area contributed by atoms with Crippen molar-refractivity contribution < 1.29 is 4.57 Å². The van der Waals surface area contributed by atoms with E-state index in [4.69, 9.17) is 0 Å². The van der Waals surface area contributed by atoms with Crippen molar-refractivity contribution >= 4 is 7.29 Å². The van der Waals surface area contributed by atoms with Gasteiger partial charge in [-0.2, -0.15) is 0 Å². The fourth-order valence-electron chi connectivity index (χ4n) is 3.80. The average Bonchev–Trinajstić information content (AvgIpc) is 2.88. The first-order chi connectivity index (χ1) is 10.9. The van der Waals surface area contributed by atoms with Crippen molar-refractivity contribution in [3.63, 3.8) is 0 Å². The molecule has 0 radical (unpaired) electrons. The molecule has 122 valence electrons. The van der Waals surface area contributed by atoms with Gasteiger partial charge in [-0.1, -0.05) is 59.7 Å². The summed E-state index contributed by atoms with van der Waals surface area (Å²) in [6, 6.07) is 17.2. The normalized spacial score (nSPS) is 27.5. The molecule has 0 aliphatic carbocycles. The van der Waals surface area contributed by atoms with Crippen LogP contribution in [0.5, 0.6) is 0 Å². The SMILES string of the molecule is Cc1ccc(C2CCC(c3ccc(C)cc3)P2(=O)N(C)C)cc1. The lowest BCUT2D eigenvalue weighted by Gasteiger charge is -2.32. The van der Waals surface area contributed by atoms with Crippen molar-refractivity contribution in [2.45, 2.75) is 38.0 Å². The van der Waals surface area contributed by atoms with Crippen molar-refractivity contribution in [1.29, 1.82) is 0 Å². The quantitative estimate of drug-likeness (QED) is 0.672. The number of benzene rings is 2. The van der Waals surface area contributed by atoms with Crippen LogP contribution in [0.2, 0.25) is 0 Å². The van der Waals surface area contributed by atoms with E-state index >= 15 is 0 Å². The molecular formula is C20H26NOP. The van der Waals surface area contributed by atoms with Crippen molar-refractivity contribution in [1.82, 2.24) is 4.67 Å². The van der Waals surface area contributed by atoms with Crippen LogP contribution in [0.4, 0.5) is 0 Å². The van der Waals surface area contributed by atoms with E-state index in [0.717, 1.165) is 12.8 Å². The largest absolute Gasteiger partial charge is 0.305 e. The Kier molecular flexibility index (Phi) is 4.49. The zero-order chi connectivity index (χ0) is 16.6. The van der Waals surface area contributed by atoms with Gasteiger partial charge in [0.1, 0.15) is 0 Å². The fraction of sp³-hybridized carbons (Fsp3) is 0.400. The number of hydrogen-bond donors (Lipinski definition) is 0. The molecule has 23 heavy (non-hydrogen) atoms. The van der Waals surface area contributed by atoms with Crippen LogP contribution in [0, 0.1) is 13.8 Å². The van der Waals surface area contributed by atoms with E-state index in [0.29, 0.717) is 0 Å². The van der Waals surface area contributed by atoms with E-state index < -0.39 is 7.29 Å². The Morgan fingerprint density at radius 2 is 1.13 bits per heavy atom. The highest BCUT2D eigenvalue weighted by atomic mass is 31.2. The maximum atomic E-state index is 14.1. The van der Waals surface area contributed by atoms with Gasteiger partial charge in [-0.15, -0.1) is 0 Å². The zero-order valence-corrected chi connectivity index (χ0v) is 15.4. The second kappa shape index (κ2) is 6.26. The molecule has 1 heterocycles. The Hall–Kier alpha value is -1.37. The van der Waals surface area contributed by atoms with E-state index in [1.54, 1.807) is 0 Å². The van der Waals surface area contributed by atoms with Gasteiger partial charge >= 0.3 is 0 Å². The summed E-state index contributed by atoms with van der Waals surface area (Å²) in [4.78, 5) is 0. The molecule has 0 bridgehead atoms. The maximum absolute atomic E-state index is 14.1. The minimum Gasteiger partial charge on any atom is -0.305 e. The van der Waals surface area contributed by atoms with Gasteiger partial charge in [0.25, 0.3) is 0 Å². The van der Waals surface area contributed by atoms with E-state index in [-0.39, 0.29) is 11.3 Å². The Labute approximate surface area is 140 Å². The minimum atomic E-state index is -2.50. The van der Waals surface area contributed by atoms with Crippen LogP contribution in [0.25, 0.3) is 0 Å². The summed E-state index contributed by atoms with van der Waals surface area (Å²) in [6.45, 7) is 4.19. The van der Waals surface area contributed by atoms with Gasteiger partial charge in [0.05, 0.1) is 11.3 Å². The maximum Gasteiger partial charge on any atom is 0.164 e. The van der Waals surface area contributed by atoms with Gasteiger partial charge in [-0.25, -0.2) is 0 Å². The summed E-state index contributed by atoms with van der Waals surface area (Å²) in [5.74, 6) is 0. The molecule has 0 spiro atoms. The average molecular weight is 327 g/mol. The third-order valence-electron chi connectivity index (χ3n) is 5.16. The van der Waals surface area contributed by atoms with Crippen molar-refractivity contribution in [2.75, 3.05) is 14.1 Å². The molecule has 0 aromatic heterocycles. The van der Waals surface area contributed by atoms with Gasteiger partial charge in [0.15, 0.2) is 7.29 Å². The van der Waals surface area contributed by atoms with E-state index in [2.05, 4.69) is 62.4 Å². The van der Waals surface area contributed by atoms with Crippen LogP contribution in [0.1, 0.15) is 46.4 Å². The van der Waals surface area contributed by atoms with Crippen molar-refractivity contribution in [2.24, 2.45) is 0 Å². The second-order valence-corrected chi connectivity index (χ2v) is 10.3. The Balaban J connectivity index is 2.02. The number of aryl methyl sites for hydroxylation is 2. The minimum absolute atomic E-state index is 0.143. The molecule has 2 nitrogen and oxygen atoms in total. The molecule has 1 aliphatic heterocycles. The lowest BCUT2D eigenvalue weighted by Crippen LogP contribution is -2.15. The van der Waals surface area contributed by atoms with E-state index in [9.17, 15) is 4.57 Å². The Morgan fingerprint density at radius 1 is 0.783 bits per heavy atom. The highest BCUT2D eigenvalue weighted by molar-refractivity contribution is 7.62. The fourth-order valence-corrected chi connectivity index (χ4v) is 7.58. The molecule has 2 aromatic rings. The molecule has 2 aromatic carbocycles. The van der Waals surface area contributed by atoms with Gasteiger partial charge in [-0.3, -0.25) is 4.67 Å². The standard InChI is InChI=1S/C20H26NOP/c1-15-5-9-17(10-6-15)19-13-14-20(23(19,22)21(3)4)18-11-7-16(2)8-12-18/h5-12,19-20H,13-14H2,1-4H3. The van der Waals surface area contributed by atoms with Crippen molar-refractivity contribution in [3.8, 4) is 0 Å². The summed E-state index contributed by atoms with van der Waals surface area (Å²) < 4.78 is 16.1. The highest BCUT2D eigenvalue weighted by Gasteiger charge is 2.49. The molecule has 1 fully saturated rings. The second-order valence-electron chi connectivity index (χ2n) is 6.95. The molecule has 1 aliphatic rings. The van der Waals surface area contributed by atoms with Crippen LogP contribution in [0.15, 0.2) is 48.5 Å². The van der Waals surface area contributed by atoms with Gasteiger partial charge in [0.2, 0.25) is 0 Å². The van der Waals surface area contributed by atoms with Crippen molar-refractivity contribution in [3.05, 3.63) is 70.8 Å². The number of rotatable bonds is 3. The Morgan fingerprint density at radius 3 is 1.43 bits per heavy atom. The van der Waals surface area contributed by atoms with Crippen LogP contribution in [-0.2, 0) is 4.57 Å². The molecular weight excluding hydrogens is 301 g/mol. The van der Waals surface area contributed by atoms with E-state index in [1.165, 1.54) is 22.3 Å². The molecule has 3 rings (SSSR count). The summed E-state index contributed by atoms with van der Waals surface area (Å²) >= 11 is 0. The first kappa shape index (κ1) is 16.5. The first-order valence-electron chi connectivity index (χ1n) is 8.33. The molecule has 2 unspecified atom stereocenters. The summed E-state index contributed by atoms with van der Waals surface area (Å²) in [6.07, 6.45) is 1.99. The zero-order valence-electron chi connectivity index (χ0n) is 14.5. The van der Waals surface area contributed by atoms with E-state index in [1.807, 2.05) is 18.8 Å². The topological polar surface area (TPSA) is 20.3 Å². The lowest BCUT2D eigenvalue weighted by atomic mass is 10.0. The first-order valence-corrected chi connectivity index (χ1v) is 10.1. The number of hydrogen-bond acceptors (Lipinski definition) is 1. The number of nitrogens with zero attached hydrogens (tertiary/aromatic N) is 1. The van der Waals surface area contributed by atoms with Crippen LogP contribution >= 0.6 is 7.29 Å². The van der Waals surface area contributed by atoms with Gasteiger partial charge in [0, 0.05) is 0 Å².